The third-order valence-electron chi connectivity index (χ3n) is 3.53. The van der Waals surface area contributed by atoms with Crippen LogP contribution in [0.3, 0.4) is 0 Å². The number of rotatable bonds is 7. The predicted octanol–water partition coefficient (Wildman–Crippen LogP) is 3.23. The van der Waals surface area contributed by atoms with Gasteiger partial charge in [-0.2, -0.15) is 5.10 Å². The van der Waals surface area contributed by atoms with Crippen molar-refractivity contribution >= 4 is 29.9 Å². The molecule has 0 radical (unpaired) electrons. The molecule has 3 aromatic rings. The summed E-state index contributed by atoms with van der Waals surface area (Å²) in [4.78, 5) is 8.44. The molecular formula is C17H18F3IN6O2. The highest BCUT2D eigenvalue weighted by Crippen LogP contribution is 2.22. The van der Waals surface area contributed by atoms with Crippen LogP contribution in [0, 0.1) is 0 Å². The van der Waals surface area contributed by atoms with Gasteiger partial charge >= 0.3 is 6.36 Å². The van der Waals surface area contributed by atoms with Crippen LogP contribution >= 0.6 is 24.0 Å². The minimum absolute atomic E-state index is 0. The van der Waals surface area contributed by atoms with Crippen molar-refractivity contribution in [2.24, 2.45) is 10.7 Å². The lowest BCUT2D eigenvalue weighted by atomic mass is 10.2. The number of aromatic nitrogens is 3. The molecular weight excluding hydrogens is 504 g/mol. The molecule has 0 saturated carbocycles. The van der Waals surface area contributed by atoms with Gasteiger partial charge in [-0.25, -0.2) is 9.98 Å². The SMILES string of the molecule is I.NC(=NCc1ccc(OC(F)(F)F)cc1)NCCc1nc(-c2ccco2)n[nH]1. The highest BCUT2D eigenvalue weighted by atomic mass is 127. The van der Waals surface area contributed by atoms with E-state index >= 15 is 0 Å². The number of halogens is 4. The molecule has 2 aromatic heterocycles. The topological polar surface area (TPSA) is 114 Å². The summed E-state index contributed by atoms with van der Waals surface area (Å²) in [6.07, 6.45) is -2.63. The fourth-order valence-corrected chi connectivity index (χ4v) is 2.26. The Balaban J connectivity index is 0.00000300. The van der Waals surface area contributed by atoms with E-state index in [0.717, 1.165) is 0 Å². The molecule has 0 aliphatic heterocycles. The Bertz CT molecular complexity index is 910. The van der Waals surface area contributed by atoms with Crippen molar-refractivity contribution in [3.63, 3.8) is 0 Å². The van der Waals surface area contributed by atoms with Crippen LogP contribution in [0.4, 0.5) is 13.2 Å². The van der Waals surface area contributed by atoms with E-state index in [1.54, 1.807) is 18.4 Å². The Morgan fingerprint density at radius 3 is 2.66 bits per heavy atom. The van der Waals surface area contributed by atoms with Gasteiger partial charge in [0.05, 0.1) is 12.8 Å². The lowest BCUT2D eigenvalue weighted by molar-refractivity contribution is -0.274. The van der Waals surface area contributed by atoms with Gasteiger partial charge in [0.2, 0.25) is 5.82 Å². The van der Waals surface area contributed by atoms with Crippen molar-refractivity contribution in [2.45, 2.75) is 19.3 Å². The Labute approximate surface area is 180 Å². The number of nitrogens with one attached hydrogen (secondary N) is 2. The van der Waals surface area contributed by atoms with E-state index in [0.29, 0.717) is 35.9 Å². The fraction of sp³-hybridized carbons (Fsp3) is 0.235. The van der Waals surface area contributed by atoms with Crippen LogP contribution in [-0.2, 0) is 13.0 Å². The molecule has 8 nitrogen and oxygen atoms in total. The zero-order valence-corrected chi connectivity index (χ0v) is 17.3. The number of nitrogens with two attached hydrogens (primary N) is 1. The third kappa shape index (κ3) is 7.29. The number of H-pyrrole nitrogens is 1. The normalized spacial score (nSPS) is 11.8. The zero-order valence-electron chi connectivity index (χ0n) is 14.9. The number of guanidine groups is 1. The monoisotopic (exact) mass is 522 g/mol. The van der Waals surface area contributed by atoms with E-state index < -0.39 is 6.36 Å². The first kappa shape index (κ1) is 22.5. The van der Waals surface area contributed by atoms with Crippen molar-refractivity contribution in [2.75, 3.05) is 6.54 Å². The number of furan rings is 1. The Hall–Kier alpha value is -2.77. The minimum Gasteiger partial charge on any atom is -0.461 e. The van der Waals surface area contributed by atoms with Gasteiger partial charge in [-0.05, 0) is 29.8 Å². The van der Waals surface area contributed by atoms with Crippen LogP contribution in [0.15, 0.2) is 52.1 Å². The van der Waals surface area contributed by atoms with Gasteiger partial charge in [0.25, 0.3) is 0 Å². The van der Waals surface area contributed by atoms with E-state index in [4.69, 9.17) is 10.2 Å². The maximum Gasteiger partial charge on any atom is 0.573 e. The summed E-state index contributed by atoms with van der Waals surface area (Å²) >= 11 is 0. The molecule has 0 fully saturated rings. The Morgan fingerprint density at radius 1 is 1.24 bits per heavy atom. The van der Waals surface area contributed by atoms with Crippen LogP contribution in [0.25, 0.3) is 11.6 Å². The summed E-state index contributed by atoms with van der Waals surface area (Å²) < 4.78 is 45.4. The van der Waals surface area contributed by atoms with Crippen molar-refractivity contribution in [3.8, 4) is 17.3 Å². The number of nitrogens with zero attached hydrogens (tertiary/aromatic N) is 3. The highest BCUT2D eigenvalue weighted by Gasteiger charge is 2.30. The largest absolute Gasteiger partial charge is 0.573 e. The average Bonchev–Trinajstić information content (AvgIpc) is 3.31. The number of hydrogen-bond donors (Lipinski definition) is 3. The Kier molecular flexibility index (Phi) is 7.87. The summed E-state index contributed by atoms with van der Waals surface area (Å²) in [5, 5.41) is 9.81. The van der Waals surface area contributed by atoms with Crippen LogP contribution in [-0.4, -0.2) is 34.0 Å². The summed E-state index contributed by atoms with van der Waals surface area (Å²) in [5.41, 5.74) is 6.48. The number of hydrogen-bond acceptors (Lipinski definition) is 5. The van der Waals surface area contributed by atoms with Gasteiger partial charge in [0.1, 0.15) is 11.6 Å². The van der Waals surface area contributed by atoms with Gasteiger partial charge < -0.3 is 20.2 Å². The first-order valence-electron chi connectivity index (χ1n) is 8.23. The lowest BCUT2D eigenvalue weighted by Crippen LogP contribution is -2.33. The van der Waals surface area contributed by atoms with Crippen LogP contribution in [0.2, 0.25) is 0 Å². The molecule has 0 spiro atoms. The fourth-order valence-electron chi connectivity index (χ4n) is 2.26. The molecule has 0 unspecified atom stereocenters. The molecule has 0 saturated heterocycles. The summed E-state index contributed by atoms with van der Waals surface area (Å²) in [6, 6.07) is 8.94. The standard InChI is InChI=1S/C17H17F3N6O2.HI/c18-17(19,20)28-12-5-3-11(4-6-12)10-23-16(21)22-8-7-14-24-15(26-25-14)13-2-1-9-27-13;/h1-6,9H,7-8,10H2,(H3,21,22,23)(H,24,25,26);1H. The Morgan fingerprint density at radius 2 is 2.00 bits per heavy atom. The number of ether oxygens (including phenoxy) is 1. The van der Waals surface area contributed by atoms with Crippen LogP contribution in [0.5, 0.6) is 5.75 Å². The first-order chi connectivity index (χ1) is 13.4. The summed E-state index contributed by atoms with van der Waals surface area (Å²) in [6.45, 7) is 0.691. The quantitative estimate of drug-likeness (QED) is 0.250. The number of alkyl halides is 3. The van der Waals surface area contributed by atoms with Gasteiger partial charge in [-0.15, -0.1) is 37.1 Å². The van der Waals surface area contributed by atoms with Crippen LogP contribution < -0.4 is 15.8 Å². The smallest absolute Gasteiger partial charge is 0.461 e. The number of aliphatic imine (C=N–C) groups is 1. The molecule has 29 heavy (non-hydrogen) atoms. The van der Waals surface area contributed by atoms with Crippen molar-refractivity contribution in [1.29, 1.82) is 0 Å². The molecule has 1 aromatic carbocycles. The highest BCUT2D eigenvalue weighted by molar-refractivity contribution is 14.0. The molecule has 3 rings (SSSR count). The molecule has 12 heteroatoms. The third-order valence-corrected chi connectivity index (χ3v) is 3.53. The maximum absolute atomic E-state index is 12.1. The maximum atomic E-state index is 12.1. The first-order valence-corrected chi connectivity index (χ1v) is 8.23. The lowest BCUT2D eigenvalue weighted by Gasteiger charge is -2.09. The molecule has 0 amide bonds. The van der Waals surface area contributed by atoms with Crippen molar-refractivity contribution in [3.05, 3.63) is 54.0 Å². The van der Waals surface area contributed by atoms with Gasteiger partial charge in [-0.1, -0.05) is 12.1 Å². The van der Waals surface area contributed by atoms with E-state index in [1.807, 2.05) is 0 Å². The minimum atomic E-state index is -4.71. The summed E-state index contributed by atoms with van der Waals surface area (Å²) in [7, 11) is 0. The van der Waals surface area contributed by atoms with Gasteiger partial charge in [0, 0.05) is 13.0 Å². The second kappa shape index (κ2) is 10.1. The second-order valence-corrected chi connectivity index (χ2v) is 5.65. The van der Waals surface area contributed by atoms with E-state index in [2.05, 4.69) is 30.2 Å². The van der Waals surface area contributed by atoms with E-state index in [9.17, 15) is 13.2 Å². The molecule has 0 atom stereocenters. The van der Waals surface area contributed by atoms with Crippen molar-refractivity contribution < 1.29 is 22.3 Å². The number of aromatic amines is 1. The molecule has 4 N–H and O–H groups in total. The van der Waals surface area contributed by atoms with E-state index in [-0.39, 0.29) is 42.2 Å². The van der Waals surface area contributed by atoms with Gasteiger partial charge in [-0.3, -0.25) is 5.10 Å². The van der Waals surface area contributed by atoms with Crippen LogP contribution in [0.1, 0.15) is 11.4 Å². The molecule has 0 aliphatic carbocycles. The molecule has 2 heterocycles. The van der Waals surface area contributed by atoms with Crippen molar-refractivity contribution in [1.82, 2.24) is 20.5 Å². The summed E-state index contributed by atoms with van der Waals surface area (Å²) in [5.74, 6) is 1.63. The zero-order chi connectivity index (χ0) is 20.0. The molecule has 156 valence electrons. The molecule has 0 aliphatic rings. The second-order valence-electron chi connectivity index (χ2n) is 5.65. The average molecular weight is 522 g/mol. The molecule has 0 bridgehead atoms. The van der Waals surface area contributed by atoms with E-state index in [1.165, 1.54) is 24.3 Å². The van der Waals surface area contributed by atoms with Gasteiger partial charge in [0.15, 0.2) is 11.7 Å². The number of benzene rings is 1. The predicted molar refractivity (Wildman–Crippen MR) is 110 cm³/mol.